The molecule has 0 amide bonds. The summed E-state index contributed by atoms with van der Waals surface area (Å²) >= 11 is 11.8. The Balaban J connectivity index is 2.09. The second-order valence-electron chi connectivity index (χ2n) is 4.10. The second kappa shape index (κ2) is 6.09. The van der Waals surface area contributed by atoms with Gasteiger partial charge in [0.1, 0.15) is 5.75 Å². The summed E-state index contributed by atoms with van der Waals surface area (Å²) in [7, 11) is 0. The first-order chi connectivity index (χ1) is 9.08. The standard InChI is InChI=1S/C15H12Cl2O2/c1-10-6-7-11(16)8-15(10)19-9-14(18)12-4-2-3-5-13(12)17/h2-8H,9H2,1H3. The van der Waals surface area contributed by atoms with Crippen LogP contribution in [-0.4, -0.2) is 12.4 Å². The molecule has 0 saturated carbocycles. The van der Waals surface area contributed by atoms with E-state index < -0.39 is 0 Å². The number of aryl methyl sites for hydroxylation is 1. The van der Waals surface area contributed by atoms with Crippen LogP contribution in [0.2, 0.25) is 10.0 Å². The van der Waals surface area contributed by atoms with E-state index in [0.717, 1.165) is 5.56 Å². The van der Waals surface area contributed by atoms with Crippen LogP contribution in [0.5, 0.6) is 5.75 Å². The average molecular weight is 295 g/mol. The van der Waals surface area contributed by atoms with E-state index in [2.05, 4.69) is 0 Å². The molecule has 0 aliphatic rings. The number of halogens is 2. The van der Waals surface area contributed by atoms with E-state index in [4.69, 9.17) is 27.9 Å². The summed E-state index contributed by atoms with van der Waals surface area (Å²) in [6, 6.07) is 12.2. The molecule has 0 heterocycles. The Morgan fingerprint density at radius 3 is 2.63 bits per heavy atom. The Morgan fingerprint density at radius 2 is 1.89 bits per heavy atom. The molecule has 0 saturated heterocycles. The lowest BCUT2D eigenvalue weighted by molar-refractivity contribution is 0.0921. The van der Waals surface area contributed by atoms with Crippen molar-refractivity contribution in [1.82, 2.24) is 0 Å². The molecule has 98 valence electrons. The van der Waals surface area contributed by atoms with E-state index in [1.54, 1.807) is 36.4 Å². The van der Waals surface area contributed by atoms with Gasteiger partial charge in [-0.3, -0.25) is 4.79 Å². The molecule has 0 unspecified atom stereocenters. The van der Waals surface area contributed by atoms with Gasteiger partial charge < -0.3 is 4.74 Å². The van der Waals surface area contributed by atoms with Crippen molar-refractivity contribution in [3.05, 3.63) is 63.6 Å². The van der Waals surface area contributed by atoms with E-state index in [1.165, 1.54) is 0 Å². The molecular formula is C15H12Cl2O2. The summed E-state index contributed by atoms with van der Waals surface area (Å²) in [6.45, 7) is 1.83. The molecule has 0 aliphatic heterocycles. The lowest BCUT2D eigenvalue weighted by Gasteiger charge is -2.09. The lowest BCUT2D eigenvalue weighted by Crippen LogP contribution is -2.12. The van der Waals surface area contributed by atoms with Gasteiger partial charge in [-0.2, -0.15) is 0 Å². The average Bonchev–Trinajstić information content (AvgIpc) is 2.40. The molecule has 0 spiro atoms. The van der Waals surface area contributed by atoms with Crippen LogP contribution in [0.4, 0.5) is 0 Å². The van der Waals surface area contributed by atoms with Crippen LogP contribution in [0.25, 0.3) is 0 Å². The molecule has 0 N–H and O–H groups in total. The molecule has 19 heavy (non-hydrogen) atoms. The maximum atomic E-state index is 12.0. The zero-order valence-corrected chi connectivity index (χ0v) is 11.8. The van der Waals surface area contributed by atoms with Crippen molar-refractivity contribution in [2.45, 2.75) is 6.92 Å². The molecule has 0 atom stereocenters. The maximum absolute atomic E-state index is 12.0. The van der Waals surface area contributed by atoms with E-state index in [0.29, 0.717) is 21.4 Å². The van der Waals surface area contributed by atoms with Crippen molar-refractivity contribution in [2.75, 3.05) is 6.61 Å². The third-order valence-corrected chi connectivity index (χ3v) is 3.25. The minimum atomic E-state index is -0.162. The van der Waals surface area contributed by atoms with Gasteiger partial charge in [0.25, 0.3) is 0 Å². The number of carbonyl (C=O) groups excluding carboxylic acids is 1. The Morgan fingerprint density at radius 1 is 1.16 bits per heavy atom. The van der Waals surface area contributed by atoms with E-state index in [9.17, 15) is 4.79 Å². The number of hydrogen-bond acceptors (Lipinski definition) is 2. The fraction of sp³-hybridized carbons (Fsp3) is 0.133. The van der Waals surface area contributed by atoms with Gasteiger partial charge in [0.2, 0.25) is 5.78 Å². The third-order valence-electron chi connectivity index (χ3n) is 2.68. The van der Waals surface area contributed by atoms with Crippen LogP contribution < -0.4 is 4.74 Å². The summed E-state index contributed by atoms with van der Waals surface area (Å²) < 4.78 is 5.50. The number of ketones is 1. The molecule has 2 nitrogen and oxygen atoms in total. The van der Waals surface area contributed by atoms with Crippen molar-refractivity contribution < 1.29 is 9.53 Å². The molecule has 0 aliphatic carbocycles. The molecular weight excluding hydrogens is 283 g/mol. The molecule has 2 aromatic carbocycles. The highest BCUT2D eigenvalue weighted by Crippen LogP contribution is 2.23. The van der Waals surface area contributed by atoms with Gasteiger partial charge in [0.15, 0.2) is 6.61 Å². The molecule has 2 rings (SSSR count). The summed E-state index contributed by atoms with van der Waals surface area (Å²) in [5.41, 5.74) is 1.39. The van der Waals surface area contributed by atoms with Crippen LogP contribution in [0, 0.1) is 6.92 Å². The smallest absolute Gasteiger partial charge is 0.201 e. The first-order valence-electron chi connectivity index (χ1n) is 5.74. The monoisotopic (exact) mass is 294 g/mol. The Hall–Kier alpha value is -1.51. The fourth-order valence-corrected chi connectivity index (χ4v) is 2.04. The number of benzene rings is 2. The molecule has 0 radical (unpaired) electrons. The lowest BCUT2D eigenvalue weighted by atomic mass is 10.1. The van der Waals surface area contributed by atoms with Gasteiger partial charge >= 0.3 is 0 Å². The van der Waals surface area contributed by atoms with Gasteiger partial charge in [0, 0.05) is 10.6 Å². The Kier molecular flexibility index (Phi) is 4.46. The molecule has 0 fully saturated rings. The van der Waals surface area contributed by atoms with Crippen molar-refractivity contribution in [3.63, 3.8) is 0 Å². The summed E-state index contributed by atoms with van der Waals surface area (Å²) in [5, 5.41) is 1.00. The topological polar surface area (TPSA) is 26.3 Å². The number of ether oxygens (including phenoxy) is 1. The molecule has 0 aromatic heterocycles. The second-order valence-corrected chi connectivity index (χ2v) is 4.95. The van der Waals surface area contributed by atoms with Crippen LogP contribution in [0.15, 0.2) is 42.5 Å². The normalized spacial score (nSPS) is 10.3. The molecule has 0 bridgehead atoms. The SMILES string of the molecule is Cc1ccc(Cl)cc1OCC(=O)c1ccccc1Cl. The third kappa shape index (κ3) is 3.49. The fourth-order valence-electron chi connectivity index (χ4n) is 1.64. The quantitative estimate of drug-likeness (QED) is 0.773. The largest absolute Gasteiger partial charge is 0.485 e. The zero-order chi connectivity index (χ0) is 13.8. The van der Waals surface area contributed by atoms with Gasteiger partial charge in [-0.25, -0.2) is 0 Å². The van der Waals surface area contributed by atoms with Gasteiger partial charge in [-0.15, -0.1) is 0 Å². The number of rotatable bonds is 4. The zero-order valence-electron chi connectivity index (χ0n) is 10.3. The highest BCUT2D eigenvalue weighted by molar-refractivity contribution is 6.34. The number of carbonyl (C=O) groups is 1. The first kappa shape index (κ1) is 13.9. The summed E-state index contributed by atoms with van der Waals surface area (Å²) in [5.74, 6) is 0.442. The highest BCUT2D eigenvalue weighted by atomic mass is 35.5. The van der Waals surface area contributed by atoms with Crippen molar-refractivity contribution in [1.29, 1.82) is 0 Å². The van der Waals surface area contributed by atoms with Crippen molar-refractivity contribution in [3.8, 4) is 5.75 Å². The van der Waals surface area contributed by atoms with Crippen LogP contribution in [-0.2, 0) is 0 Å². The summed E-state index contributed by atoms with van der Waals surface area (Å²) in [4.78, 5) is 12.0. The summed E-state index contributed by atoms with van der Waals surface area (Å²) in [6.07, 6.45) is 0. The number of hydrogen-bond donors (Lipinski definition) is 0. The molecule has 4 heteroatoms. The Bertz CT molecular complexity index is 609. The minimum absolute atomic E-state index is 0.0646. The van der Waals surface area contributed by atoms with E-state index >= 15 is 0 Å². The van der Waals surface area contributed by atoms with Crippen LogP contribution in [0.1, 0.15) is 15.9 Å². The van der Waals surface area contributed by atoms with E-state index in [-0.39, 0.29) is 12.4 Å². The van der Waals surface area contributed by atoms with Gasteiger partial charge in [-0.05, 0) is 36.8 Å². The van der Waals surface area contributed by atoms with Crippen molar-refractivity contribution in [2.24, 2.45) is 0 Å². The van der Waals surface area contributed by atoms with E-state index in [1.807, 2.05) is 13.0 Å². The van der Waals surface area contributed by atoms with Crippen LogP contribution in [0.3, 0.4) is 0 Å². The number of Topliss-reactive ketones (excluding diaryl/α,β-unsaturated/α-hetero) is 1. The predicted octanol–water partition coefficient (Wildman–Crippen LogP) is 4.56. The highest BCUT2D eigenvalue weighted by Gasteiger charge is 2.11. The first-order valence-corrected chi connectivity index (χ1v) is 6.50. The van der Waals surface area contributed by atoms with Gasteiger partial charge in [-0.1, -0.05) is 41.4 Å². The minimum Gasteiger partial charge on any atom is -0.485 e. The van der Waals surface area contributed by atoms with Crippen molar-refractivity contribution >= 4 is 29.0 Å². The van der Waals surface area contributed by atoms with Crippen LogP contribution >= 0.6 is 23.2 Å². The maximum Gasteiger partial charge on any atom is 0.201 e. The molecule has 2 aromatic rings. The predicted molar refractivity (Wildman–Crippen MR) is 77.5 cm³/mol. The Labute approximate surface area is 121 Å². The van der Waals surface area contributed by atoms with Gasteiger partial charge in [0.05, 0.1) is 5.02 Å².